The second-order valence-electron chi connectivity index (χ2n) is 7.74. The number of benzene rings is 3. The van der Waals surface area contributed by atoms with E-state index in [0.29, 0.717) is 5.78 Å². The predicted molar refractivity (Wildman–Crippen MR) is 122 cm³/mol. The molecule has 5 atom stereocenters. The van der Waals surface area contributed by atoms with E-state index in [9.17, 15) is 4.79 Å². The van der Waals surface area contributed by atoms with Gasteiger partial charge in [-0.3, -0.25) is 4.79 Å². The third kappa shape index (κ3) is 3.09. The molecule has 1 fully saturated rings. The quantitative estimate of drug-likeness (QED) is 0.489. The van der Waals surface area contributed by atoms with Gasteiger partial charge in [-0.2, -0.15) is 0 Å². The number of rotatable bonds is 3. The summed E-state index contributed by atoms with van der Waals surface area (Å²) in [4.78, 5) is 13.4. The second kappa shape index (κ2) is 7.78. The molecular weight excluding hydrogens is 379 g/mol. The van der Waals surface area contributed by atoms with Gasteiger partial charge in [0.25, 0.3) is 0 Å². The minimum Gasteiger partial charge on any atom is -0.299 e. The highest BCUT2D eigenvalue weighted by atomic mass is 32.4. The summed E-state index contributed by atoms with van der Waals surface area (Å²) in [5.74, 6) is 0.172. The Labute approximate surface area is 172 Å². The van der Waals surface area contributed by atoms with Crippen LogP contribution in [0.4, 0.5) is 0 Å². The first-order chi connectivity index (χ1) is 13.5. The van der Waals surface area contributed by atoms with Crippen LogP contribution in [0.1, 0.15) is 36.3 Å². The van der Waals surface area contributed by atoms with Crippen molar-refractivity contribution in [2.24, 2.45) is 11.8 Å². The molecular formula is C25H25OPS. The summed E-state index contributed by atoms with van der Waals surface area (Å²) < 4.78 is 0. The van der Waals surface area contributed by atoms with Crippen LogP contribution in [-0.4, -0.2) is 5.78 Å². The molecule has 0 saturated carbocycles. The Kier molecular flexibility index (Phi) is 5.36. The van der Waals surface area contributed by atoms with E-state index in [0.717, 1.165) is 0 Å². The van der Waals surface area contributed by atoms with Crippen molar-refractivity contribution in [1.29, 1.82) is 0 Å². The lowest BCUT2D eigenvalue weighted by Gasteiger charge is -2.48. The summed E-state index contributed by atoms with van der Waals surface area (Å²) >= 11 is 6.69. The summed E-state index contributed by atoms with van der Waals surface area (Å²) in [6.07, 6.45) is 0. The minimum absolute atomic E-state index is 0.0556. The third-order valence-corrected chi connectivity index (χ3v) is 12.4. The van der Waals surface area contributed by atoms with Crippen LogP contribution in [0.15, 0.2) is 91.0 Å². The molecule has 1 heterocycles. The SMILES string of the molecule is C[C@@H]1C(=O)[C@H](C)[C@H](c2ccccc2)P(=S)(c2ccccc2)[C@H]1c1ccccc1. The lowest BCUT2D eigenvalue weighted by atomic mass is 9.85. The second-order valence-corrected chi connectivity index (χ2v) is 12.6. The van der Waals surface area contributed by atoms with Gasteiger partial charge in [-0.15, -0.1) is 0 Å². The van der Waals surface area contributed by atoms with E-state index in [2.05, 4.69) is 86.6 Å². The normalized spacial score (nSPS) is 30.1. The number of ketones is 1. The molecule has 0 aromatic heterocycles. The standard InChI is InChI=1S/C25H25OPS/c1-18-23(26)19(2)25(21-14-8-4-9-15-21)27(28,22-16-10-5-11-17-22)24(18)20-12-6-3-7-13-20/h3-19,24-25H,1-2H3/t18-,19+,24-,25-,27?/m1/s1. The molecule has 0 N–H and O–H groups in total. The molecule has 1 aliphatic heterocycles. The molecule has 3 heteroatoms. The molecule has 1 nitrogen and oxygen atoms in total. The van der Waals surface area contributed by atoms with Crippen molar-refractivity contribution < 1.29 is 4.79 Å². The maximum absolute atomic E-state index is 13.4. The van der Waals surface area contributed by atoms with Gasteiger partial charge in [-0.1, -0.05) is 117 Å². The fourth-order valence-electron chi connectivity index (χ4n) is 4.87. The van der Waals surface area contributed by atoms with Crippen molar-refractivity contribution in [2.45, 2.75) is 25.2 Å². The Morgan fingerprint density at radius 3 is 1.39 bits per heavy atom. The Morgan fingerprint density at radius 1 is 0.643 bits per heavy atom. The lowest BCUT2D eigenvalue weighted by molar-refractivity contribution is -0.126. The van der Waals surface area contributed by atoms with E-state index < -0.39 is 6.04 Å². The molecule has 1 aliphatic rings. The van der Waals surface area contributed by atoms with Gasteiger partial charge in [0, 0.05) is 23.2 Å². The van der Waals surface area contributed by atoms with Crippen molar-refractivity contribution in [2.75, 3.05) is 0 Å². The highest BCUT2D eigenvalue weighted by Crippen LogP contribution is 2.75. The van der Waals surface area contributed by atoms with Crippen LogP contribution >= 0.6 is 6.04 Å². The number of carbonyl (C=O) groups excluding carboxylic acids is 1. The van der Waals surface area contributed by atoms with Crippen LogP contribution in [0.3, 0.4) is 0 Å². The van der Waals surface area contributed by atoms with Crippen LogP contribution < -0.4 is 5.30 Å². The number of hydrogen-bond acceptors (Lipinski definition) is 2. The first-order valence-corrected chi connectivity index (χ1v) is 12.8. The molecule has 0 radical (unpaired) electrons. The first kappa shape index (κ1) is 19.3. The predicted octanol–water partition coefficient (Wildman–Crippen LogP) is 6.13. The molecule has 1 saturated heterocycles. The van der Waals surface area contributed by atoms with Gasteiger partial charge in [-0.05, 0) is 22.5 Å². The van der Waals surface area contributed by atoms with Crippen molar-refractivity contribution in [3.05, 3.63) is 102 Å². The zero-order valence-corrected chi connectivity index (χ0v) is 17.9. The summed E-state index contributed by atoms with van der Waals surface area (Å²) in [6, 6.07) is 29.3. The monoisotopic (exact) mass is 404 g/mol. The zero-order valence-electron chi connectivity index (χ0n) is 16.2. The Morgan fingerprint density at radius 2 is 1.00 bits per heavy atom. The lowest BCUT2D eigenvalue weighted by Crippen LogP contribution is -2.38. The van der Waals surface area contributed by atoms with Gasteiger partial charge < -0.3 is 0 Å². The topological polar surface area (TPSA) is 17.1 Å². The van der Waals surface area contributed by atoms with E-state index in [1.165, 1.54) is 16.4 Å². The van der Waals surface area contributed by atoms with Crippen LogP contribution in [0, 0.1) is 11.8 Å². The molecule has 28 heavy (non-hydrogen) atoms. The van der Waals surface area contributed by atoms with E-state index in [-0.39, 0.29) is 23.2 Å². The Balaban J connectivity index is 2.01. The molecule has 4 rings (SSSR count). The van der Waals surface area contributed by atoms with Gasteiger partial charge in [0.05, 0.1) is 0 Å². The number of hydrogen-bond donors (Lipinski definition) is 0. The van der Waals surface area contributed by atoms with E-state index in [4.69, 9.17) is 11.8 Å². The van der Waals surface area contributed by atoms with Crippen molar-refractivity contribution in [3.63, 3.8) is 0 Å². The van der Waals surface area contributed by atoms with Gasteiger partial charge >= 0.3 is 0 Å². The van der Waals surface area contributed by atoms with Crippen molar-refractivity contribution in [3.8, 4) is 0 Å². The maximum Gasteiger partial charge on any atom is 0.140 e. The van der Waals surface area contributed by atoms with Gasteiger partial charge in [0.1, 0.15) is 5.78 Å². The van der Waals surface area contributed by atoms with E-state index >= 15 is 0 Å². The van der Waals surface area contributed by atoms with Crippen molar-refractivity contribution >= 4 is 28.9 Å². The van der Waals surface area contributed by atoms with Crippen LogP contribution in [0.5, 0.6) is 0 Å². The smallest absolute Gasteiger partial charge is 0.140 e. The Hall–Kier alpha value is -2.02. The molecule has 0 spiro atoms. The fraction of sp³-hybridized carbons (Fsp3) is 0.240. The van der Waals surface area contributed by atoms with E-state index in [1.807, 2.05) is 18.2 Å². The van der Waals surface area contributed by atoms with Crippen LogP contribution in [-0.2, 0) is 16.6 Å². The highest BCUT2D eigenvalue weighted by molar-refractivity contribution is 8.18. The fourth-order valence-corrected chi connectivity index (χ4v) is 11.5. The summed E-state index contributed by atoms with van der Waals surface area (Å²) in [5, 5.41) is 1.24. The van der Waals surface area contributed by atoms with Crippen LogP contribution in [0.2, 0.25) is 0 Å². The molecule has 0 bridgehead atoms. The van der Waals surface area contributed by atoms with Crippen LogP contribution in [0.25, 0.3) is 0 Å². The van der Waals surface area contributed by atoms with Gasteiger partial charge in [-0.25, -0.2) is 0 Å². The maximum atomic E-state index is 13.4. The largest absolute Gasteiger partial charge is 0.299 e. The van der Waals surface area contributed by atoms with Gasteiger partial charge in [0.2, 0.25) is 0 Å². The first-order valence-electron chi connectivity index (χ1n) is 9.83. The minimum atomic E-state index is -2.17. The van der Waals surface area contributed by atoms with Gasteiger partial charge in [0.15, 0.2) is 0 Å². The average molecular weight is 405 g/mol. The number of carbonyl (C=O) groups is 1. The Bertz CT molecular complexity index is 941. The summed E-state index contributed by atoms with van der Waals surface area (Å²) in [7, 11) is 0. The molecule has 0 amide bonds. The molecule has 142 valence electrons. The summed E-state index contributed by atoms with van der Waals surface area (Å²) in [6.45, 7) is 4.17. The molecule has 0 aliphatic carbocycles. The average Bonchev–Trinajstić information content (AvgIpc) is 2.74. The number of Topliss-reactive ketones (excluding diaryl/α,β-unsaturated/α-hetero) is 1. The highest BCUT2D eigenvalue weighted by Gasteiger charge is 2.52. The van der Waals surface area contributed by atoms with E-state index in [1.54, 1.807) is 0 Å². The zero-order chi connectivity index (χ0) is 19.7. The molecule has 1 unspecified atom stereocenters. The van der Waals surface area contributed by atoms with Crippen molar-refractivity contribution in [1.82, 2.24) is 0 Å². The third-order valence-electron chi connectivity index (χ3n) is 6.11. The summed E-state index contributed by atoms with van der Waals surface area (Å²) in [5.41, 5.74) is 2.51. The molecule has 3 aromatic rings. The molecule has 3 aromatic carbocycles.